The normalized spacial score (nSPS) is 19.5. The zero-order valence-corrected chi connectivity index (χ0v) is 19.2. The van der Waals surface area contributed by atoms with E-state index in [4.69, 9.17) is 4.99 Å². The minimum Gasteiger partial charge on any atom is -0.357 e. The SMILES string of the molecule is CCCCN1CCC(NC(=NCc2ccnc(N3CCCCCC3)c2)NCC)CC1. The van der Waals surface area contributed by atoms with Gasteiger partial charge in [-0.3, -0.25) is 0 Å². The van der Waals surface area contributed by atoms with E-state index in [0.29, 0.717) is 12.6 Å². The summed E-state index contributed by atoms with van der Waals surface area (Å²) in [6, 6.07) is 4.84. The summed E-state index contributed by atoms with van der Waals surface area (Å²) in [4.78, 5) is 14.6. The van der Waals surface area contributed by atoms with Crippen molar-refractivity contribution >= 4 is 11.8 Å². The van der Waals surface area contributed by atoms with Crippen LogP contribution < -0.4 is 15.5 Å². The summed E-state index contributed by atoms with van der Waals surface area (Å²) in [5, 5.41) is 7.11. The fourth-order valence-electron chi connectivity index (χ4n) is 4.40. The first-order valence-corrected chi connectivity index (χ1v) is 12.3. The van der Waals surface area contributed by atoms with Gasteiger partial charge in [0.15, 0.2) is 5.96 Å². The molecule has 2 aliphatic rings. The van der Waals surface area contributed by atoms with Gasteiger partial charge < -0.3 is 20.4 Å². The van der Waals surface area contributed by atoms with Gasteiger partial charge >= 0.3 is 0 Å². The topological polar surface area (TPSA) is 55.8 Å². The number of nitrogens with one attached hydrogen (secondary N) is 2. The molecule has 2 fully saturated rings. The summed E-state index contributed by atoms with van der Waals surface area (Å²) in [6.45, 7) is 11.9. The monoisotopic (exact) mass is 414 g/mol. The van der Waals surface area contributed by atoms with Gasteiger partial charge in [0, 0.05) is 45.0 Å². The maximum atomic E-state index is 4.89. The van der Waals surface area contributed by atoms with Gasteiger partial charge in [-0.05, 0) is 63.3 Å². The molecule has 3 heterocycles. The third kappa shape index (κ3) is 7.46. The summed E-state index contributed by atoms with van der Waals surface area (Å²) in [7, 11) is 0. The van der Waals surface area contributed by atoms with Crippen molar-refractivity contribution in [3.8, 4) is 0 Å². The molecule has 0 bridgehead atoms. The lowest BCUT2D eigenvalue weighted by atomic mass is 10.0. The summed E-state index contributed by atoms with van der Waals surface area (Å²) < 4.78 is 0. The van der Waals surface area contributed by atoms with Gasteiger partial charge in [-0.15, -0.1) is 0 Å². The second kappa shape index (κ2) is 12.8. The molecule has 2 aliphatic heterocycles. The van der Waals surface area contributed by atoms with Gasteiger partial charge in [-0.25, -0.2) is 9.98 Å². The number of aliphatic imine (C=N–C) groups is 1. The van der Waals surface area contributed by atoms with Crippen LogP contribution in [0, 0.1) is 0 Å². The van der Waals surface area contributed by atoms with Crippen LogP contribution in [0.2, 0.25) is 0 Å². The van der Waals surface area contributed by atoms with E-state index in [0.717, 1.165) is 31.4 Å². The van der Waals surface area contributed by atoms with Crippen molar-refractivity contribution in [3.63, 3.8) is 0 Å². The van der Waals surface area contributed by atoms with Crippen LogP contribution in [-0.2, 0) is 6.54 Å². The van der Waals surface area contributed by atoms with Crippen molar-refractivity contribution in [2.24, 2.45) is 4.99 Å². The Hall–Kier alpha value is -1.82. The average Bonchev–Trinajstić information content (AvgIpc) is 3.07. The molecule has 6 nitrogen and oxygen atoms in total. The molecule has 1 aromatic heterocycles. The lowest BCUT2D eigenvalue weighted by Crippen LogP contribution is -2.48. The van der Waals surface area contributed by atoms with Crippen molar-refractivity contribution in [1.29, 1.82) is 0 Å². The van der Waals surface area contributed by atoms with Gasteiger partial charge in [-0.2, -0.15) is 0 Å². The van der Waals surface area contributed by atoms with Crippen LogP contribution in [0.5, 0.6) is 0 Å². The fourth-order valence-corrected chi connectivity index (χ4v) is 4.40. The quantitative estimate of drug-likeness (QED) is 0.501. The minimum absolute atomic E-state index is 0.519. The van der Waals surface area contributed by atoms with E-state index in [9.17, 15) is 0 Å². The molecule has 0 aromatic carbocycles. The van der Waals surface area contributed by atoms with Crippen LogP contribution in [0.4, 0.5) is 5.82 Å². The largest absolute Gasteiger partial charge is 0.357 e. The molecule has 0 aliphatic carbocycles. The smallest absolute Gasteiger partial charge is 0.191 e. The van der Waals surface area contributed by atoms with Crippen LogP contribution >= 0.6 is 0 Å². The van der Waals surface area contributed by atoms with Crippen LogP contribution in [0.3, 0.4) is 0 Å². The molecule has 6 heteroatoms. The molecule has 30 heavy (non-hydrogen) atoms. The number of likely N-dealkylation sites (tertiary alicyclic amines) is 1. The van der Waals surface area contributed by atoms with Crippen LogP contribution in [-0.4, -0.2) is 61.2 Å². The van der Waals surface area contributed by atoms with Crippen molar-refractivity contribution in [2.75, 3.05) is 44.2 Å². The molecule has 2 N–H and O–H groups in total. The number of anilines is 1. The third-order valence-corrected chi connectivity index (χ3v) is 6.26. The minimum atomic E-state index is 0.519. The lowest BCUT2D eigenvalue weighted by molar-refractivity contribution is 0.203. The molecule has 1 aromatic rings. The summed E-state index contributed by atoms with van der Waals surface area (Å²) >= 11 is 0. The first-order valence-electron chi connectivity index (χ1n) is 12.3. The Morgan fingerprint density at radius 2 is 1.87 bits per heavy atom. The van der Waals surface area contributed by atoms with Gasteiger partial charge in [-0.1, -0.05) is 26.2 Å². The number of pyridine rings is 1. The maximum Gasteiger partial charge on any atom is 0.191 e. The van der Waals surface area contributed by atoms with Gasteiger partial charge in [0.2, 0.25) is 0 Å². The highest BCUT2D eigenvalue weighted by Crippen LogP contribution is 2.18. The number of aromatic nitrogens is 1. The lowest BCUT2D eigenvalue weighted by Gasteiger charge is -2.33. The van der Waals surface area contributed by atoms with Gasteiger partial charge in [0.05, 0.1) is 6.54 Å². The van der Waals surface area contributed by atoms with Gasteiger partial charge in [0.1, 0.15) is 5.82 Å². The molecule has 0 atom stereocenters. The molecular formula is C24H42N6. The highest BCUT2D eigenvalue weighted by atomic mass is 15.2. The second-order valence-corrected chi connectivity index (χ2v) is 8.73. The molecule has 2 saturated heterocycles. The average molecular weight is 415 g/mol. The van der Waals surface area contributed by atoms with Crippen LogP contribution in [0.25, 0.3) is 0 Å². The van der Waals surface area contributed by atoms with Crippen molar-refractivity contribution in [2.45, 2.75) is 77.8 Å². The van der Waals surface area contributed by atoms with Crippen molar-refractivity contribution in [1.82, 2.24) is 20.5 Å². The Labute approximate surface area is 183 Å². The van der Waals surface area contributed by atoms with E-state index in [1.165, 1.54) is 76.6 Å². The maximum absolute atomic E-state index is 4.89. The Morgan fingerprint density at radius 3 is 2.57 bits per heavy atom. The molecule has 0 unspecified atom stereocenters. The van der Waals surface area contributed by atoms with Crippen molar-refractivity contribution < 1.29 is 0 Å². The summed E-state index contributed by atoms with van der Waals surface area (Å²) in [6.07, 6.45) is 12.2. The molecule has 0 amide bonds. The zero-order chi connectivity index (χ0) is 21.0. The highest BCUT2D eigenvalue weighted by Gasteiger charge is 2.19. The fraction of sp³-hybridized carbons (Fsp3) is 0.750. The predicted octanol–water partition coefficient (Wildman–Crippen LogP) is 3.78. The highest BCUT2D eigenvalue weighted by molar-refractivity contribution is 5.80. The van der Waals surface area contributed by atoms with Crippen molar-refractivity contribution in [3.05, 3.63) is 23.9 Å². The first kappa shape index (κ1) is 22.9. The number of rotatable bonds is 8. The van der Waals surface area contributed by atoms with E-state index in [1.807, 2.05) is 6.20 Å². The third-order valence-electron chi connectivity index (χ3n) is 6.26. The van der Waals surface area contributed by atoms with E-state index in [2.05, 4.69) is 51.4 Å². The molecular weight excluding hydrogens is 372 g/mol. The van der Waals surface area contributed by atoms with E-state index >= 15 is 0 Å². The Morgan fingerprint density at radius 1 is 1.10 bits per heavy atom. The number of unbranched alkanes of at least 4 members (excludes halogenated alkanes) is 1. The van der Waals surface area contributed by atoms with Crippen LogP contribution in [0.1, 0.15) is 70.8 Å². The van der Waals surface area contributed by atoms with Crippen LogP contribution in [0.15, 0.2) is 23.3 Å². The molecule has 168 valence electrons. The number of hydrogen-bond acceptors (Lipinski definition) is 4. The summed E-state index contributed by atoms with van der Waals surface area (Å²) in [5.74, 6) is 2.06. The number of piperidine rings is 1. The number of hydrogen-bond donors (Lipinski definition) is 2. The zero-order valence-electron chi connectivity index (χ0n) is 19.2. The van der Waals surface area contributed by atoms with E-state index in [1.54, 1.807) is 0 Å². The summed E-state index contributed by atoms with van der Waals surface area (Å²) in [5.41, 5.74) is 1.23. The Bertz CT molecular complexity index is 630. The molecule has 0 spiro atoms. The Balaban J connectivity index is 1.54. The van der Waals surface area contributed by atoms with E-state index < -0.39 is 0 Å². The molecule has 3 rings (SSSR count). The molecule has 0 radical (unpaired) electrons. The number of nitrogens with zero attached hydrogens (tertiary/aromatic N) is 4. The molecule has 0 saturated carbocycles. The standard InChI is InChI=1S/C24H42N6/c1-3-5-14-29-17-11-22(12-18-29)28-24(25-4-2)27-20-21-10-13-26-23(19-21)30-15-8-6-7-9-16-30/h10,13,19,22H,3-9,11-12,14-18,20H2,1-2H3,(H2,25,27,28). The number of guanidine groups is 1. The second-order valence-electron chi connectivity index (χ2n) is 8.73. The predicted molar refractivity (Wildman–Crippen MR) is 127 cm³/mol. The Kier molecular flexibility index (Phi) is 9.74. The van der Waals surface area contributed by atoms with Gasteiger partial charge in [0.25, 0.3) is 0 Å². The van der Waals surface area contributed by atoms with E-state index in [-0.39, 0.29) is 0 Å². The first-order chi connectivity index (χ1) is 14.8.